The standard InChI is InChI=1S/C9H16FNO2/c1-13-6-9-3-2-8(12)11(9)5-7(10)4-9/h7-8,12H,2-6H2,1H3/t7-,8?,9+/m1/s1. The molecule has 2 fully saturated rings. The van der Waals surface area contributed by atoms with E-state index in [1.807, 2.05) is 4.90 Å². The molecule has 0 aliphatic carbocycles. The molecular formula is C9H16FNO2. The largest absolute Gasteiger partial charge is 0.383 e. The average molecular weight is 189 g/mol. The van der Waals surface area contributed by atoms with E-state index in [0.29, 0.717) is 19.6 Å². The Labute approximate surface area is 77.5 Å². The van der Waals surface area contributed by atoms with Gasteiger partial charge in [-0.3, -0.25) is 4.90 Å². The molecule has 0 bridgehead atoms. The summed E-state index contributed by atoms with van der Waals surface area (Å²) < 4.78 is 18.3. The molecule has 2 rings (SSSR count). The third kappa shape index (κ3) is 1.37. The second kappa shape index (κ2) is 3.19. The predicted molar refractivity (Wildman–Crippen MR) is 46.1 cm³/mol. The molecule has 2 heterocycles. The Hall–Kier alpha value is -0.190. The van der Waals surface area contributed by atoms with E-state index in [4.69, 9.17) is 4.74 Å². The molecule has 3 nitrogen and oxygen atoms in total. The predicted octanol–water partition coefficient (Wildman–Crippen LogP) is 0.528. The van der Waals surface area contributed by atoms with Crippen molar-refractivity contribution >= 4 is 0 Å². The molecule has 2 saturated heterocycles. The lowest BCUT2D eigenvalue weighted by Gasteiger charge is -2.31. The molecule has 0 saturated carbocycles. The van der Waals surface area contributed by atoms with Crippen molar-refractivity contribution in [2.45, 2.75) is 37.2 Å². The van der Waals surface area contributed by atoms with Gasteiger partial charge in [0.05, 0.1) is 6.61 Å². The first-order chi connectivity index (χ1) is 6.18. The van der Waals surface area contributed by atoms with Crippen LogP contribution in [0.2, 0.25) is 0 Å². The molecule has 3 atom stereocenters. The van der Waals surface area contributed by atoms with Crippen molar-refractivity contribution in [2.75, 3.05) is 20.3 Å². The van der Waals surface area contributed by atoms with Gasteiger partial charge in [-0.2, -0.15) is 0 Å². The van der Waals surface area contributed by atoms with Crippen LogP contribution < -0.4 is 0 Å². The van der Waals surface area contributed by atoms with Gasteiger partial charge in [-0.05, 0) is 12.8 Å². The van der Waals surface area contributed by atoms with E-state index in [1.165, 1.54) is 0 Å². The maximum absolute atomic E-state index is 13.2. The van der Waals surface area contributed by atoms with E-state index in [-0.39, 0.29) is 5.54 Å². The normalized spacial score (nSPS) is 45.5. The fourth-order valence-corrected chi connectivity index (χ4v) is 2.72. The van der Waals surface area contributed by atoms with Gasteiger partial charge in [0.2, 0.25) is 0 Å². The van der Waals surface area contributed by atoms with Gasteiger partial charge in [-0.1, -0.05) is 0 Å². The number of hydrogen-bond donors (Lipinski definition) is 1. The van der Waals surface area contributed by atoms with Crippen LogP contribution in [0, 0.1) is 0 Å². The number of rotatable bonds is 2. The minimum absolute atomic E-state index is 0.215. The first-order valence-electron chi connectivity index (χ1n) is 4.76. The minimum atomic E-state index is -0.801. The van der Waals surface area contributed by atoms with Crippen molar-refractivity contribution in [1.29, 1.82) is 0 Å². The number of methoxy groups -OCH3 is 1. The molecule has 1 N–H and O–H groups in total. The number of nitrogens with zero attached hydrogens (tertiary/aromatic N) is 1. The monoisotopic (exact) mass is 189 g/mol. The van der Waals surface area contributed by atoms with Crippen molar-refractivity contribution < 1.29 is 14.2 Å². The smallest absolute Gasteiger partial charge is 0.115 e. The number of hydrogen-bond acceptors (Lipinski definition) is 3. The molecule has 4 heteroatoms. The third-order valence-corrected chi connectivity index (χ3v) is 3.25. The van der Waals surface area contributed by atoms with Crippen molar-refractivity contribution in [2.24, 2.45) is 0 Å². The Kier molecular flexibility index (Phi) is 2.30. The highest BCUT2D eigenvalue weighted by atomic mass is 19.1. The molecule has 76 valence electrons. The van der Waals surface area contributed by atoms with Crippen LogP contribution in [-0.2, 0) is 4.74 Å². The molecular weight excluding hydrogens is 173 g/mol. The van der Waals surface area contributed by atoms with Gasteiger partial charge in [0, 0.05) is 25.6 Å². The van der Waals surface area contributed by atoms with Crippen LogP contribution in [0.15, 0.2) is 0 Å². The lowest BCUT2D eigenvalue weighted by Crippen LogP contribution is -2.45. The van der Waals surface area contributed by atoms with Gasteiger partial charge in [0.15, 0.2) is 0 Å². The van der Waals surface area contributed by atoms with Gasteiger partial charge in [-0.25, -0.2) is 4.39 Å². The molecule has 13 heavy (non-hydrogen) atoms. The zero-order valence-electron chi connectivity index (χ0n) is 7.87. The summed E-state index contributed by atoms with van der Waals surface area (Å²) in [7, 11) is 1.63. The topological polar surface area (TPSA) is 32.7 Å². The Morgan fingerprint density at radius 2 is 2.46 bits per heavy atom. The maximum atomic E-state index is 13.2. The van der Waals surface area contributed by atoms with E-state index in [2.05, 4.69) is 0 Å². The van der Waals surface area contributed by atoms with Crippen LogP contribution in [-0.4, -0.2) is 48.2 Å². The number of halogens is 1. The quantitative estimate of drug-likeness (QED) is 0.687. The highest BCUT2D eigenvalue weighted by Crippen LogP contribution is 2.42. The second-order valence-corrected chi connectivity index (χ2v) is 4.13. The van der Waals surface area contributed by atoms with E-state index < -0.39 is 12.4 Å². The lowest BCUT2D eigenvalue weighted by molar-refractivity contribution is -0.0233. The number of ether oxygens (including phenoxy) is 1. The van der Waals surface area contributed by atoms with Gasteiger partial charge in [0.25, 0.3) is 0 Å². The number of fused-ring (bicyclic) bond motifs is 1. The molecule has 0 amide bonds. The fourth-order valence-electron chi connectivity index (χ4n) is 2.72. The molecule has 0 aromatic rings. The average Bonchev–Trinajstić information content (AvgIpc) is 2.51. The zero-order valence-corrected chi connectivity index (χ0v) is 7.87. The van der Waals surface area contributed by atoms with Crippen molar-refractivity contribution in [3.8, 4) is 0 Å². The Balaban J connectivity index is 2.14. The third-order valence-electron chi connectivity index (χ3n) is 3.25. The summed E-state index contributed by atoms with van der Waals surface area (Å²) in [5, 5.41) is 9.61. The van der Waals surface area contributed by atoms with Gasteiger partial charge in [0.1, 0.15) is 12.4 Å². The van der Waals surface area contributed by atoms with Crippen LogP contribution in [0.3, 0.4) is 0 Å². The van der Waals surface area contributed by atoms with E-state index in [9.17, 15) is 9.50 Å². The highest BCUT2D eigenvalue weighted by molar-refractivity contribution is 5.04. The summed E-state index contributed by atoms with van der Waals surface area (Å²) in [6.07, 6.45) is 0.845. The Bertz CT molecular complexity index is 198. The summed E-state index contributed by atoms with van der Waals surface area (Å²) in [4.78, 5) is 1.86. The Morgan fingerprint density at radius 1 is 1.69 bits per heavy atom. The molecule has 1 unspecified atom stereocenters. The maximum Gasteiger partial charge on any atom is 0.115 e. The summed E-state index contributed by atoms with van der Waals surface area (Å²) >= 11 is 0. The molecule has 2 aliphatic heterocycles. The van der Waals surface area contributed by atoms with Crippen LogP contribution in [0.5, 0.6) is 0 Å². The van der Waals surface area contributed by atoms with Gasteiger partial charge < -0.3 is 9.84 Å². The minimum Gasteiger partial charge on any atom is -0.383 e. The fraction of sp³-hybridized carbons (Fsp3) is 1.00. The van der Waals surface area contributed by atoms with Gasteiger partial charge >= 0.3 is 0 Å². The van der Waals surface area contributed by atoms with Crippen molar-refractivity contribution in [3.05, 3.63) is 0 Å². The summed E-state index contributed by atoms with van der Waals surface area (Å²) in [6, 6.07) is 0. The molecule has 0 spiro atoms. The number of aliphatic hydroxyl groups is 1. The van der Waals surface area contributed by atoms with Crippen LogP contribution in [0.4, 0.5) is 4.39 Å². The summed E-state index contributed by atoms with van der Waals surface area (Å²) in [5.41, 5.74) is -0.215. The van der Waals surface area contributed by atoms with Crippen molar-refractivity contribution in [1.82, 2.24) is 4.90 Å². The molecule has 0 aromatic heterocycles. The molecule has 0 aromatic carbocycles. The number of alkyl halides is 1. The zero-order chi connectivity index (χ0) is 9.47. The van der Waals surface area contributed by atoms with Crippen LogP contribution in [0.25, 0.3) is 0 Å². The lowest BCUT2D eigenvalue weighted by atomic mass is 9.95. The molecule has 2 aliphatic rings. The van der Waals surface area contributed by atoms with Crippen LogP contribution in [0.1, 0.15) is 19.3 Å². The summed E-state index contributed by atoms with van der Waals surface area (Å²) in [6.45, 7) is 0.898. The van der Waals surface area contributed by atoms with Crippen molar-refractivity contribution in [3.63, 3.8) is 0 Å². The SMILES string of the molecule is COC[C@@]12CCC(O)N1C[C@H](F)C2. The Morgan fingerprint density at radius 3 is 3.15 bits per heavy atom. The van der Waals surface area contributed by atoms with E-state index in [0.717, 1.165) is 12.8 Å². The van der Waals surface area contributed by atoms with E-state index in [1.54, 1.807) is 7.11 Å². The number of aliphatic hydroxyl groups excluding tert-OH is 1. The highest BCUT2D eigenvalue weighted by Gasteiger charge is 2.52. The van der Waals surface area contributed by atoms with E-state index >= 15 is 0 Å². The summed E-state index contributed by atoms with van der Waals surface area (Å²) in [5.74, 6) is 0. The van der Waals surface area contributed by atoms with Gasteiger partial charge in [-0.15, -0.1) is 0 Å². The molecule has 0 radical (unpaired) electrons. The first kappa shape index (κ1) is 9.37. The van der Waals surface area contributed by atoms with Crippen LogP contribution >= 0.6 is 0 Å². The second-order valence-electron chi connectivity index (χ2n) is 4.13. The first-order valence-corrected chi connectivity index (χ1v) is 4.76.